The zero-order valence-corrected chi connectivity index (χ0v) is 8.87. The minimum atomic E-state index is -0.330. The van der Waals surface area contributed by atoms with Gasteiger partial charge in [0, 0.05) is 5.41 Å². The lowest BCUT2D eigenvalue weighted by Crippen LogP contribution is -2.29. The molecule has 3 nitrogen and oxygen atoms in total. The van der Waals surface area contributed by atoms with Gasteiger partial charge in [-0.1, -0.05) is 33.4 Å². The van der Waals surface area contributed by atoms with Crippen LogP contribution in [0, 0.1) is 5.41 Å². The summed E-state index contributed by atoms with van der Waals surface area (Å²) in [5, 5.41) is 0. The maximum absolute atomic E-state index is 11.1. The highest BCUT2D eigenvalue weighted by Crippen LogP contribution is 2.32. The molecule has 0 N–H and O–H groups in total. The number of hydrogen-bond acceptors (Lipinski definition) is 3. The van der Waals surface area contributed by atoms with Crippen LogP contribution in [0.4, 0.5) is 0 Å². The molecule has 0 aromatic carbocycles. The Morgan fingerprint density at radius 3 is 2.79 bits per heavy atom. The average molecular weight is 196 g/mol. The SMILES string of the molecule is C=CCOC1=CC(=O)O[C@@H]1C(C)(C)C. The first-order valence-electron chi connectivity index (χ1n) is 4.61. The highest BCUT2D eigenvalue weighted by molar-refractivity contribution is 5.85. The molecule has 0 saturated carbocycles. The number of hydrogen-bond donors (Lipinski definition) is 0. The van der Waals surface area contributed by atoms with Crippen molar-refractivity contribution in [2.24, 2.45) is 5.41 Å². The van der Waals surface area contributed by atoms with E-state index in [-0.39, 0.29) is 17.5 Å². The predicted molar refractivity (Wildman–Crippen MR) is 53.6 cm³/mol. The summed E-state index contributed by atoms with van der Waals surface area (Å²) in [6.07, 6.45) is 2.76. The Kier molecular flexibility index (Phi) is 2.99. The maximum Gasteiger partial charge on any atom is 0.335 e. The lowest BCUT2D eigenvalue weighted by molar-refractivity contribution is -0.143. The summed E-state index contributed by atoms with van der Waals surface area (Å²) in [5.74, 6) is 0.270. The average Bonchev–Trinajstić information content (AvgIpc) is 2.42. The highest BCUT2D eigenvalue weighted by Gasteiger charge is 2.37. The van der Waals surface area contributed by atoms with Crippen LogP contribution in [-0.2, 0) is 14.3 Å². The molecule has 3 heteroatoms. The van der Waals surface area contributed by atoms with Crippen LogP contribution in [0.15, 0.2) is 24.5 Å². The van der Waals surface area contributed by atoms with E-state index in [1.165, 1.54) is 6.08 Å². The molecule has 0 saturated heterocycles. The van der Waals surface area contributed by atoms with Gasteiger partial charge in [0.2, 0.25) is 0 Å². The van der Waals surface area contributed by atoms with E-state index in [1.54, 1.807) is 6.08 Å². The Labute approximate surface area is 84.4 Å². The number of carbonyl (C=O) groups is 1. The fourth-order valence-corrected chi connectivity index (χ4v) is 1.28. The van der Waals surface area contributed by atoms with Crippen molar-refractivity contribution in [1.82, 2.24) is 0 Å². The molecule has 1 aliphatic rings. The van der Waals surface area contributed by atoms with Gasteiger partial charge in [-0.25, -0.2) is 4.79 Å². The topological polar surface area (TPSA) is 35.5 Å². The van der Waals surface area contributed by atoms with E-state index >= 15 is 0 Å². The van der Waals surface area contributed by atoms with E-state index in [1.807, 2.05) is 20.8 Å². The molecule has 0 radical (unpaired) electrons. The zero-order chi connectivity index (χ0) is 10.8. The van der Waals surface area contributed by atoms with Crippen molar-refractivity contribution < 1.29 is 14.3 Å². The maximum atomic E-state index is 11.1. The van der Waals surface area contributed by atoms with Crippen molar-refractivity contribution in [3.05, 3.63) is 24.5 Å². The minimum Gasteiger partial charge on any atom is -0.490 e. The van der Waals surface area contributed by atoms with Crippen molar-refractivity contribution in [3.63, 3.8) is 0 Å². The number of cyclic esters (lactones) is 1. The third-order valence-corrected chi connectivity index (χ3v) is 1.91. The van der Waals surface area contributed by atoms with Crippen LogP contribution in [0.5, 0.6) is 0 Å². The van der Waals surface area contributed by atoms with Crippen molar-refractivity contribution in [2.75, 3.05) is 6.61 Å². The highest BCUT2D eigenvalue weighted by atomic mass is 16.6. The van der Waals surface area contributed by atoms with Gasteiger partial charge < -0.3 is 9.47 Å². The van der Waals surface area contributed by atoms with Crippen molar-refractivity contribution >= 4 is 5.97 Å². The summed E-state index contributed by atoms with van der Waals surface area (Å²) in [4.78, 5) is 11.1. The normalized spacial score (nSPS) is 21.5. The van der Waals surface area contributed by atoms with Crippen LogP contribution in [0.25, 0.3) is 0 Å². The molecule has 0 aliphatic carbocycles. The summed E-state index contributed by atoms with van der Waals surface area (Å²) < 4.78 is 10.5. The zero-order valence-electron chi connectivity index (χ0n) is 8.87. The minimum absolute atomic E-state index is 0.140. The van der Waals surface area contributed by atoms with Crippen LogP contribution in [-0.4, -0.2) is 18.7 Å². The molecule has 1 atom stereocenters. The Morgan fingerprint density at radius 1 is 1.64 bits per heavy atom. The first-order valence-corrected chi connectivity index (χ1v) is 4.61. The van der Waals surface area contributed by atoms with E-state index in [4.69, 9.17) is 9.47 Å². The van der Waals surface area contributed by atoms with Gasteiger partial charge in [0.25, 0.3) is 0 Å². The summed E-state index contributed by atoms with van der Waals surface area (Å²) in [5.41, 5.74) is -0.140. The second-order valence-corrected chi connectivity index (χ2v) is 4.33. The molecule has 0 unspecified atom stereocenters. The van der Waals surface area contributed by atoms with E-state index in [0.717, 1.165) is 0 Å². The molecule has 1 heterocycles. The van der Waals surface area contributed by atoms with Crippen molar-refractivity contribution in [1.29, 1.82) is 0 Å². The van der Waals surface area contributed by atoms with E-state index in [0.29, 0.717) is 12.4 Å². The molecule has 0 bridgehead atoms. The van der Waals surface area contributed by atoms with Crippen LogP contribution in [0.3, 0.4) is 0 Å². The number of carbonyl (C=O) groups excluding carboxylic acids is 1. The van der Waals surface area contributed by atoms with Crippen molar-refractivity contribution in [2.45, 2.75) is 26.9 Å². The second kappa shape index (κ2) is 3.86. The summed E-state index contributed by atoms with van der Waals surface area (Å²) in [6.45, 7) is 9.95. The summed E-state index contributed by atoms with van der Waals surface area (Å²) >= 11 is 0. The van der Waals surface area contributed by atoms with E-state index in [9.17, 15) is 4.79 Å². The smallest absolute Gasteiger partial charge is 0.335 e. The largest absolute Gasteiger partial charge is 0.490 e. The fourth-order valence-electron chi connectivity index (χ4n) is 1.28. The van der Waals surface area contributed by atoms with Crippen LogP contribution in [0.2, 0.25) is 0 Å². The monoisotopic (exact) mass is 196 g/mol. The fraction of sp³-hybridized carbons (Fsp3) is 0.545. The second-order valence-electron chi connectivity index (χ2n) is 4.33. The van der Waals surface area contributed by atoms with Gasteiger partial charge in [-0.3, -0.25) is 0 Å². The van der Waals surface area contributed by atoms with Crippen LogP contribution >= 0.6 is 0 Å². The quantitative estimate of drug-likeness (QED) is 0.512. The predicted octanol–water partition coefficient (Wildman–Crippen LogP) is 2.04. The molecular weight excluding hydrogens is 180 g/mol. The summed E-state index contributed by atoms with van der Waals surface area (Å²) in [6, 6.07) is 0. The molecule has 1 aliphatic heterocycles. The molecule has 78 valence electrons. The summed E-state index contributed by atoms with van der Waals surface area (Å²) in [7, 11) is 0. The Morgan fingerprint density at radius 2 is 2.29 bits per heavy atom. The van der Waals surface area contributed by atoms with Gasteiger partial charge in [-0.15, -0.1) is 0 Å². The first kappa shape index (κ1) is 10.8. The first-order chi connectivity index (χ1) is 6.45. The van der Waals surface area contributed by atoms with Crippen LogP contribution < -0.4 is 0 Å². The standard InChI is InChI=1S/C11H16O3/c1-5-6-13-8-7-9(12)14-10(8)11(2,3)4/h5,7,10H,1,6H2,2-4H3/t10-/m0/s1. The van der Waals surface area contributed by atoms with E-state index in [2.05, 4.69) is 6.58 Å². The molecular formula is C11H16O3. The van der Waals surface area contributed by atoms with E-state index < -0.39 is 0 Å². The lowest BCUT2D eigenvalue weighted by Gasteiger charge is -2.27. The Hall–Kier alpha value is -1.25. The molecule has 14 heavy (non-hydrogen) atoms. The van der Waals surface area contributed by atoms with Crippen LogP contribution in [0.1, 0.15) is 20.8 Å². The Bertz CT molecular complexity index is 271. The molecule has 0 spiro atoms. The third kappa shape index (κ3) is 2.37. The van der Waals surface area contributed by atoms with Gasteiger partial charge in [0.05, 0.1) is 6.08 Å². The Balaban J connectivity index is 2.73. The van der Waals surface area contributed by atoms with Gasteiger partial charge in [-0.05, 0) is 0 Å². The molecule has 1 rings (SSSR count). The van der Waals surface area contributed by atoms with Gasteiger partial charge in [-0.2, -0.15) is 0 Å². The number of esters is 1. The lowest BCUT2D eigenvalue weighted by atomic mass is 9.88. The molecule has 0 amide bonds. The van der Waals surface area contributed by atoms with Gasteiger partial charge in [0.1, 0.15) is 12.4 Å². The third-order valence-electron chi connectivity index (χ3n) is 1.91. The number of rotatable bonds is 3. The van der Waals surface area contributed by atoms with Gasteiger partial charge >= 0.3 is 5.97 Å². The molecule has 0 fully saturated rings. The van der Waals surface area contributed by atoms with Crippen molar-refractivity contribution in [3.8, 4) is 0 Å². The molecule has 0 aromatic rings. The molecule has 0 aromatic heterocycles. The number of ether oxygens (including phenoxy) is 2. The van der Waals surface area contributed by atoms with Gasteiger partial charge in [0.15, 0.2) is 6.10 Å².